The number of hydrogen-bond acceptors (Lipinski definition) is 5. The molecule has 6 N–H and O–H groups in total. The molecule has 0 amide bonds. The highest BCUT2D eigenvalue weighted by Gasteiger charge is 2.37. The van der Waals surface area contributed by atoms with E-state index in [1.807, 2.05) is 36.4 Å². The summed E-state index contributed by atoms with van der Waals surface area (Å²) in [6, 6.07) is 22.6. The third kappa shape index (κ3) is 6.45. The van der Waals surface area contributed by atoms with Crippen LogP contribution in [0.15, 0.2) is 66.7 Å². The highest BCUT2D eigenvalue weighted by Crippen LogP contribution is 2.31. The number of nitrogen functional groups attached to an aromatic ring is 1. The van der Waals surface area contributed by atoms with Crippen molar-refractivity contribution in [3.63, 3.8) is 0 Å². The Bertz CT molecular complexity index is 1170. The molecule has 5 nitrogen and oxygen atoms in total. The molecule has 3 aromatic rings. The molecule has 0 bridgehead atoms. The minimum atomic E-state index is -0.630. The molecule has 0 aromatic heterocycles. The number of nitrogens with two attached hydrogens (primary N) is 2. The fourth-order valence-electron chi connectivity index (χ4n) is 6.62. The van der Waals surface area contributed by atoms with E-state index in [1.165, 1.54) is 43.9 Å². The van der Waals surface area contributed by atoms with Gasteiger partial charge in [-0.3, -0.25) is 15.4 Å². The van der Waals surface area contributed by atoms with Gasteiger partial charge in [-0.05, 0) is 60.1 Å². The van der Waals surface area contributed by atoms with Gasteiger partial charge in [0.15, 0.2) is 5.78 Å². The zero-order valence-corrected chi connectivity index (χ0v) is 22.6. The number of benzene rings is 3. The van der Waals surface area contributed by atoms with E-state index in [9.17, 15) is 4.79 Å². The van der Waals surface area contributed by atoms with Gasteiger partial charge in [-0.1, -0.05) is 99.2 Å². The quantitative estimate of drug-likeness (QED) is 0.203. The molecule has 0 heterocycles. The van der Waals surface area contributed by atoms with E-state index in [-0.39, 0.29) is 11.9 Å². The molecule has 202 valence electrons. The molecule has 5 rings (SSSR count). The van der Waals surface area contributed by atoms with Gasteiger partial charge < -0.3 is 11.5 Å². The molecular weight excluding hydrogens is 468 g/mol. The van der Waals surface area contributed by atoms with Crippen molar-refractivity contribution in [1.29, 1.82) is 0 Å². The topological polar surface area (TPSA) is 93.2 Å². The first kappa shape index (κ1) is 26.9. The number of rotatable bonds is 10. The lowest BCUT2D eigenvalue weighted by Gasteiger charge is -2.38. The summed E-state index contributed by atoms with van der Waals surface area (Å²) in [5.41, 5.74) is 16.0. The fraction of sp³-hybridized carbons (Fsp3) is 0.485. The highest BCUT2D eigenvalue weighted by atomic mass is 16.1. The summed E-state index contributed by atoms with van der Waals surface area (Å²) in [5, 5.41) is 10.2. The molecule has 2 unspecified atom stereocenters. The van der Waals surface area contributed by atoms with Crippen LogP contribution in [0.5, 0.6) is 0 Å². The number of Topliss-reactive ketones (excluding diaryl/α,β-unsaturated/α-hetero) is 1. The van der Waals surface area contributed by atoms with Crippen LogP contribution >= 0.6 is 0 Å². The first-order valence-electron chi connectivity index (χ1n) is 14.7. The Morgan fingerprint density at radius 1 is 0.763 bits per heavy atom. The van der Waals surface area contributed by atoms with Crippen LogP contribution in [0.25, 0.3) is 10.8 Å². The van der Waals surface area contributed by atoms with Gasteiger partial charge in [-0.25, -0.2) is 0 Å². The van der Waals surface area contributed by atoms with E-state index in [1.54, 1.807) is 0 Å². The summed E-state index contributed by atoms with van der Waals surface area (Å²) in [6.45, 7) is 0. The van der Waals surface area contributed by atoms with Crippen molar-refractivity contribution in [2.45, 2.75) is 101 Å². The molecule has 0 aliphatic heterocycles. The van der Waals surface area contributed by atoms with Crippen molar-refractivity contribution < 1.29 is 4.79 Å². The smallest absolute Gasteiger partial charge is 0.160 e. The first-order valence-corrected chi connectivity index (χ1v) is 14.7. The van der Waals surface area contributed by atoms with Crippen LogP contribution in [-0.4, -0.2) is 30.1 Å². The maximum Gasteiger partial charge on any atom is 0.160 e. The third-order valence-electron chi connectivity index (χ3n) is 8.70. The van der Waals surface area contributed by atoms with Crippen LogP contribution in [0, 0.1) is 0 Å². The number of carbonyl (C=O) groups is 1. The van der Waals surface area contributed by atoms with Crippen LogP contribution in [0.3, 0.4) is 0 Å². The maximum absolute atomic E-state index is 14.4. The summed E-state index contributed by atoms with van der Waals surface area (Å²) in [6.07, 6.45) is 12.4. The Morgan fingerprint density at radius 2 is 1.34 bits per heavy atom. The van der Waals surface area contributed by atoms with Gasteiger partial charge in [0.05, 0.1) is 18.1 Å². The molecule has 0 radical (unpaired) electrons. The highest BCUT2D eigenvalue weighted by molar-refractivity contribution is 5.93. The predicted octanol–water partition coefficient (Wildman–Crippen LogP) is 5.82. The molecule has 0 saturated heterocycles. The number of anilines is 1. The third-order valence-corrected chi connectivity index (χ3v) is 8.70. The molecule has 2 fully saturated rings. The maximum atomic E-state index is 14.4. The molecule has 2 aliphatic rings. The molecule has 3 aromatic carbocycles. The SMILES string of the molecule is Nc1ccccc1C(C(=O)C(N)Cc1cccc2ccccc12)C(NC1CCCCC1)NC1CCCCC1. The molecule has 0 spiro atoms. The number of carbonyl (C=O) groups excluding carboxylic acids is 1. The second kappa shape index (κ2) is 12.9. The lowest BCUT2D eigenvalue weighted by Crippen LogP contribution is -2.58. The van der Waals surface area contributed by atoms with Crippen molar-refractivity contribution in [2.75, 3.05) is 5.73 Å². The Morgan fingerprint density at radius 3 is 2.00 bits per heavy atom. The van der Waals surface area contributed by atoms with Gasteiger partial charge in [-0.2, -0.15) is 0 Å². The van der Waals surface area contributed by atoms with E-state index in [2.05, 4.69) is 41.0 Å². The van der Waals surface area contributed by atoms with E-state index in [4.69, 9.17) is 11.5 Å². The molecule has 5 heteroatoms. The Hall–Kier alpha value is -2.73. The minimum Gasteiger partial charge on any atom is -0.398 e. The Balaban J connectivity index is 1.46. The van der Waals surface area contributed by atoms with Gasteiger partial charge in [0.25, 0.3) is 0 Å². The van der Waals surface area contributed by atoms with E-state index >= 15 is 0 Å². The van der Waals surface area contributed by atoms with Crippen molar-refractivity contribution in [2.24, 2.45) is 5.73 Å². The molecular formula is C33H44N4O. The van der Waals surface area contributed by atoms with Crippen LogP contribution in [0.2, 0.25) is 0 Å². The number of para-hydroxylation sites is 1. The molecule has 2 saturated carbocycles. The van der Waals surface area contributed by atoms with Gasteiger partial charge in [0, 0.05) is 17.8 Å². The zero-order chi connectivity index (χ0) is 26.3. The molecule has 2 aliphatic carbocycles. The second-order valence-electron chi connectivity index (χ2n) is 11.4. The largest absolute Gasteiger partial charge is 0.398 e. The van der Waals surface area contributed by atoms with Crippen molar-refractivity contribution in [3.05, 3.63) is 77.9 Å². The summed E-state index contributed by atoms with van der Waals surface area (Å²) in [5.74, 6) is -0.405. The standard InChI is InChI=1S/C33H44N4O/c34-29-21-10-9-20-28(29)31(32(38)30(35)22-24-14-11-13-23-12-7-8-19-27(23)24)33(36-25-15-3-1-4-16-25)37-26-17-5-2-6-18-26/h7-14,19-21,25-26,30-31,33,36-37H,1-6,15-18,22,34-35H2. The number of nitrogens with one attached hydrogen (secondary N) is 2. The van der Waals surface area contributed by atoms with Crippen LogP contribution in [0.4, 0.5) is 5.69 Å². The van der Waals surface area contributed by atoms with Crippen LogP contribution < -0.4 is 22.1 Å². The van der Waals surface area contributed by atoms with Crippen molar-refractivity contribution in [3.8, 4) is 0 Å². The monoisotopic (exact) mass is 512 g/mol. The van der Waals surface area contributed by atoms with Gasteiger partial charge >= 0.3 is 0 Å². The molecule has 2 atom stereocenters. The lowest BCUT2D eigenvalue weighted by atomic mass is 9.83. The van der Waals surface area contributed by atoms with E-state index in [0.717, 1.165) is 42.2 Å². The van der Waals surface area contributed by atoms with Crippen LogP contribution in [-0.2, 0) is 11.2 Å². The Labute approximate surface area is 227 Å². The molecule has 38 heavy (non-hydrogen) atoms. The normalized spacial score (nSPS) is 19.0. The first-order chi connectivity index (χ1) is 18.6. The number of ketones is 1. The van der Waals surface area contributed by atoms with E-state index in [0.29, 0.717) is 24.2 Å². The number of fused-ring (bicyclic) bond motifs is 1. The predicted molar refractivity (Wildman–Crippen MR) is 158 cm³/mol. The minimum absolute atomic E-state index is 0.0486. The van der Waals surface area contributed by atoms with Crippen molar-refractivity contribution >= 4 is 22.2 Å². The second-order valence-corrected chi connectivity index (χ2v) is 11.4. The average molecular weight is 513 g/mol. The zero-order valence-electron chi connectivity index (χ0n) is 22.6. The van der Waals surface area contributed by atoms with E-state index < -0.39 is 12.0 Å². The average Bonchev–Trinajstić information content (AvgIpc) is 2.95. The Kier molecular flexibility index (Phi) is 9.10. The van der Waals surface area contributed by atoms with Gasteiger partial charge in [0.1, 0.15) is 0 Å². The summed E-state index contributed by atoms with van der Waals surface area (Å²) in [4.78, 5) is 14.4. The van der Waals surface area contributed by atoms with Crippen molar-refractivity contribution in [1.82, 2.24) is 10.6 Å². The summed E-state index contributed by atoms with van der Waals surface area (Å²) >= 11 is 0. The fourth-order valence-corrected chi connectivity index (χ4v) is 6.62. The summed E-state index contributed by atoms with van der Waals surface area (Å²) < 4.78 is 0. The summed E-state index contributed by atoms with van der Waals surface area (Å²) in [7, 11) is 0. The number of hydrogen-bond donors (Lipinski definition) is 4. The van der Waals surface area contributed by atoms with Crippen LogP contribution in [0.1, 0.15) is 81.3 Å². The lowest BCUT2D eigenvalue weighted by molar-refractivity contribution is -0.122. The van der Waals surface area contributed by atoms with Gasteiger partial charge in [0.2, 0.25) is 0 Å². The van der Waals surface area contributed by atoms with Gasteiger partial charge in [-0.15, -0.1) is 0 Å².